The van der Waals surface area contributed by atoms with Gasteiger partial charge in [-0.25, -0.2) is 8.42 Å². The molecule has 5 nitrogen and oxygen atoms in total. The van der Waals surface area contributed by atoms with E-state index in [-0.39, 0.29) is 10.8 Å². The SMILES string of the molecule is Cc1ccc(CN(C)C(=O)c2ccc(C)c(S(=O)(=O)Nc3cc(C)ccc3C)c2)cc1. The van der Waals surface area contributed by atoms with Crippen LogP contribution >= 0.6 is 0 Å². The minimum Gasteiger partial charge on any atom is -0.337 e. The third kappa shape index (κ3) is 5.33. The molecule has 0 aromatic heterocycles. The predicted octanol–water partition coefficient (Wildman–Crippen LogP) is 4.99. The Kier molecular flexibility index (Phi) is 6.51. The van der Waals surface area contributed by atoms with Crippen molar-refractivity contribution < 1.29 is 13.2 Å². The van der Waals surface area contributed by atoms with Crippen LogP contribution in [0, 0.1) is 27.7 Å². The lowest BCUT2D eigenvalue weighted by Crippen LogP contribution is -2.26. The lowest BCUT2D eigenvalue weighted by molar-refractivity contribution is 0.0785. The first-order valence-corrected chi connectivity index (χ1v) is 11.6. The number of aryl methyl sites for hydroxylation is 4. The third-order valence-corrected chi connectivity index (χ3v) is 6.76. The van der Waals surface area contributed by atoms with E-state index < -0.39 is 10.0 Å². The fourth-order valence-corrected chi connectivity index (χ4v) is 4.72. The number of amides is 1. The van der Waals surface area contributed by atoms with Crippen molar-refractivity contribution in [2.45, 2.75) is 39.1 Å². The topological polar surface area (TPSA) is 66.5 Å². The Morgan fingerprint density at radius 3 is 2.13 bits per heavy atom. The second kappa shape index (κ2) is 8.94. The van der Waals surface area contributed by atoms with Crippen LogP contribution in [-0.4, -0.2) is 26.3 Å². The first-order chi connectivity index (χ1) is 14.6. The van der Waals surface area contributed by atoms with Gasteiger partial charge in [0.1, 0.15) is 0 Å². The van der Waals surface area contributed by atoms with Crippen molar-refractivity contribution >= 4 is 21.6 Å². The number of benzene rings is 3. The highest BCUT2D eigenvalue weighted by molar-refractivity contribution is 7.92. The average Bonchev–Trinajstić information content (AvgIpc) is 2.72. The van der Waals surface area contributed by atoms with Crippen LogP contribution in [0.5, 0.6) is 0 Å². The molecule has 0 aliphatic heterocycles. The summed E-state index contributed by atoms with van der Waals surface area (Å²) in [5, 5.41) is 0. The molecule has 1 N–H and O–H groups in total. The molecule has 0 spiro atoms. The van der Waals surface area contributed by atoms with Crippen LogP contribution in [0.25, 0.3) is 0 Å². The summed E-state index contributed by atoms with van der Waals surface area (Å²) in [4.78, 5) is 14.7. The van der Waals surface area contributed by atoms with Gasteiger partial charge in [0, 0.05) is 19.2 Å². The molecule has 1 amide bonds. The summed E-state index contributed by atoms with van der Waals surface area (Å²) >= 11 is 0. The summed E-state index contributed by atoms with van der Waals surface area (Å²) in [5.74, 6) is -0.233. The monoisotopic (exact) mass is 436 g/mol. The van der Waals surface area contributed by atoms with Gasteiger partial charge in [-0.1, -0.05) is 48.0 Å². The molecule has 0 radical (unpaired) electrons. The van der Waals surface area contributed by atoms with E-state index in [0.717, 1.165) is 22.3 Å². The van der Waals surface area contributed by atoms with E-state index >= 15 is 0 Å². The molecule has 31 heavy (non-hydrogen) atoms. The van der Waals surface area contributed by atoms with E-state index in [1.807, 2.05) is 57.2 Å². The second-order valence-electron chi connectivity index (χ2n) is 8.05. The highest BCUT2D eigenvalue weighted by atomic mass is 32.2. The Labute approximate surface area is 184 Å². The molecule has 3 aromatic carbocycles. The van der Waals surface area contributed by atoms with Crippen LogP contribution < -0.4 is 4.72 Å². The quantitative estimate of drug-likeness (QED) is 0.592. The zero-order valence-electron chi connectivity index (χ0n) is 18.6. The van der Waals surface area contributed by atoms with Gasteiger partial charge in [-0.15, -0.1) is 0 Å². The summed E-state index contributed by atoms with van der Waals surface area (Å²) in [7, 11) is -2.14. The Hall–Kier alpha value is -3.12. The summed E-state index contributed by atoms with van der Waals surface area (Å²) in [6, 6.07) is 18.4. The standard InChI is InChI=1S/C25H28N2O3S/c1-17-7-11-21(12-8-17)16-27(5)25(28)22-13-10-20(4)24(15-22)31(29,30)26-23-14-18(2)6-9-19(23)3/h6-15,26H,16H2,1-5H3. The Morgan fingerprint density at radius 2 is 1.45 bits per heavy atom. The molecular formula is C25H28N2O3S. The van der Waals surface area contributed by atoms with E-state index in [4.69, 9.17) is 0 Å². The number of nitrogens with zero attached hydrogens (tertiary/aromatic N) is 1. The van der Waals surface area contributed by atoms with Crippen molar-refractivity contribution in [1.82, 2.24) is 4.90 Å². The van der Waals surface area contributed by atoms with Crippen molar-refractivity contribution in [2.75, 3.05) is 11.8 Å². The number of hydrogen-bond donors (Lipinski definition) is 1. The first kappa shape index (κ1) is 22.6. The molecule has 0 unspecified atom stereocenters. The molecule has 0 atom stereocenters. The van der Waals surface area contributed by atoms with Gasteiger partial charge in [0.05, 0.1) is 10.6 Å². The maximum absolute atomic E-state index is 13.1. The molecule has 0 saturated heterocycles. The predicted molar refractivity (Wildman–Crippen MR) is 125 cm³/mol. The van der Waals surface area contributed by atoms with E-state index in [9.17, 15) is 13.2 Å². The number of sulfonamides is 1. The maximum Gasteiger partial charge on any atom is 0.262 e. The molecule has 0 bridgehead atoms. The largest absolute Gasteiger partial charge is 0.337 e. The van der Waals surface area contributed by atoms with Gasteiger partial charge in [0.15, 0.2) is 0 Å². The van der Waals surface area contributed by atoms with Gasteiger partial charge in [-0.3, -0.25) is 9.52 Å². The molecule has 0 fully saturated rings. The van der Waals surface area contributed by atoms with Crippen LogP contribution in [0.2, 0.25) is 0 Å². The van der Waals surface area contributed by atoms with Gasteiger partial charge < -0.3 is 4.90 Å². The van der Waals surface area contributed by atoms with Gasteiger partial charge in [0.2, 0.25) is 0 Å². The number of nitrogens with one attached hydrogen (secondary N) is 1. The zero-order valence-corrected chi connectivity index (χ0v) is 19.4. The minimum atomic E-state index is -3.85. The summed E-state index contributed by atoms with van der Waals surface area (Å²) in [5.41, 5.74) is 5.41. The number of hydrogen-bond acceptors (Lipinski definition) is 3. The molecule has 162 valence electrons. The fraction of sp³-hybridized carbons (Fsp3) is 0.240. The highest BCUT2D eigenvalue weighted by Crippen LogP contribution is 2.24. The van der Waals surface area contributed by atoms with Gasteiger partial charge in [-0.2, -0.15) is 0 Å². The van der Waals surface area contributed by atoms with E-state index in [1.54, 1.807) is 37.1 Å². The maximum atomic E-state index is 13.1. The lowest BCUT2D eigenvalue weighted by Gasteiger charge is -2.19. The van der Waals surface area contributed by atoms with Crippen molar-refractivity contribution in [2.24, 2.45) is 0 Å². The second-order valence-corrected chi connectivity index (χ2v) is 9.70. The third-order valence-electron chi connectivity index (χ3n) is 5.25. The highest BCUT2D eigenvalue weighted by Gasteiger charge is 2.21. The van der Waals surface area contributed by atoms with Crippen molar-refractivity contribution in [3.05, 3.63) is 94.0 Å². The Balaban J connectivity index is 1.87. The van der Waals surface area contributed by atoms with Crippen LogP contribution in [0.1, 0.15) is 38.2 Å². The zero-order chi connectivity index (χ0) is 22.8. The van der Waals surface area contributed by atoms with Crippen molar-refractivity contribution in [1.29, 1.82) is 0 Å². The fourth-order valence-electron chi connectivity index (χ4n) is 3.33. The number of anilines is 1. The lowest BCUT2D eigenvalue weighted by atomic mass is 10.1. The van der Waals surface area contributed by atoms with E-state index in [2.05, 4.69) is 4.72 Å². The Morgan fingerprint density at radius 1 is 0.839 bits per heavy atom. The average molecular weight is 437 g/mol. The van der Waals surface area contributed by atoms with Crippen molar-refractivity contribution in [3.8, 4) is 0 Å². The van der Waals surface area contributed by atoms with Crippen molar-refractivity contribution in [3.63, 3.8) is 0 Å². The van der Waals surface area contributed by atoms with Crippen LogP contribution in [-0.2, 0) is 16.6 Å². The Bertz CT molecular complexity index is 1220. The summed E-state index contributed by atoms with van der Waals surface area (Å²) in [6.07, 6.45) is 0. The smallest absolute Gasteiger partial charge is 0.262 e. The number of rotatable bonds is 6. The molecule has 3 rings (SSSR count). The molecule has 0 aliphatic carbocycles. The van der Waals surface area contributed by atoms with Gasteiger partial charge in [0.25, 0.3) is 15.9 Å². The van der Waals surface area contributed by atoms with Crippen LogP contribution in [0.4, 0.5) is 5.69 Å². The van der Waals surface area contributed by atoms with Gasteiger partial charge in [-0.05, 0) is 68.1 Å². The normalized spacial score (nSPS) is 11.3. The van der Waals surface area contributed by atoms with Crippen LogP contribution in [0.3, 0.4) is 0 Å². The first-order valence-electron chi connectivity index (χ1n) is 10.1. The van der Waals surface area contributed by atoms with Gasteiger partial charge >= 0.3 is 0 Å². The van der Waals surface area contributed by atoms with Crippen LogP contribution in [0.15, 0.2) is 65.6 Å². The van der Waals surface area contributed by atoms with E-state index in [0.29, 0.717) is 23.4 Å². The molecule has 0 aliphatic rings. The summed E-state index contributed by atoms with van der Waals surface area (Å²) < 4.78 is 28.9. The molecule has 0 saturated carbocycles. The molecule has 3 aromatic rings. The summed E-state index contributed by atoms with van der Waals surface area (Å²) in [6.45, 7) is 7.94. The molecule has 0 heterocycles. The molecular weight excluding hydrogens is 408 g/mol. The molecule has 6 heteroatoms. The minimum absolute atomic E-state index is 0.1000. The van der Waals surface area contributed by atoms with E-state index in [1.165, 1.54) is 6.07 Å². The number of carbonyl (C=O) groups is 1. The number of carbonyl (C=O) groups excluding carboxylic acids is 1.